The van der Waals surface area contributed by atoms with Gasteiger partial charge in [0.25, 0.3) is 0 Å². The van der Waals surface area contributed by atoms with Gasteiger partial charge in [0.2, 0.25) is 0 Å². The number of rotatable bonds is 2. The van der Waals surface area contributed by atoms with Gasteiger partial charge in [-0.1, -0.05) is 29.7 Å². The number of amides is 1. The van der Waals surface area contributed by atoms with Crippen molar-refractivity contribution in [3.05, 3.63) is 34.9 Å². The van der Waals surface area contributed by atoms with E-state index in [2.05, 4.69) is 11.2 Å². The SMILES string of the molecule is C#CC(NC(=O)OC(C)(C)C)c1ccc(Cl)cc1. The van der Waals surface area contributed by atoms with Gasteiger partial charge < -0.3 is 10.1 Å². The van der Waals surface area contributed by atoms with Crippen molar-refractivity contribution < 1.29 is 9.53 Å². The minimum atomic E-state index is -0.552. The number of hydrogen-bond donors (Lipinski definition) is 1. The molecule has 0 fully saturated rings. The molecule has 0 saturated heterocycles. The average molecular weight is 266 g/mol. The Kier molecular flexibility index (Phi) is 4.63. The van der Waals surface area contributed by atoms with Crippen molar-refractivity contribution in [1.29, 1.82) is 0 Å². The van der Waals surface area contributed by atoms with E-state index in [1.54, 1.807) is 45.0 Å². The summed E-state index contributed by atoms with van der Waals surface area (Å²) >= 11 is 5.79. The number of carbonyl (C=O) groups is 1. The summed E-state index contributed by atoms with van der Waals surface area (Å²) in [7, 11) is 0. The Hall–Kier alpha value is -1.66. The van der Waals surface area contributed by atoms with Crippen LogP contribution < -0.4 is 5.32 Å². The van der Waals surface area contributed by atoms with Gasteiger partial charge in [0.05, 0.1) is 0 Å². The maximum absolute atomic E-state index is 11.6. The Labute approximate surface area is 112 Å². The fraction of sp³-hybridized carbons (Fsp3) is 0.357. The molecule has 0 radical (unpaired) electrons. The van der Waals surface area contributed by atoms with Crippen LogP contribution in [0, 0.1) is 12.3 Å². The first-order valence-corrected chi connectivity index (χ1v) is 5.91. The molecular formula is C14H16ClNO2. The van der Waals surface area contributed by atoms with E-state index < -0.39 is 17.7 Å². The van der Waals surface area contributed by atoms with Crippen LogP contribution in [0.3, 0.4) is 0 Å². The summed E-state index contributed by atoms with van der Waals surface area (Å²) in [6.45, 7) is 5.37. The molecule has 1 N–H and O–H groups in total. The van der Waals surface area contributed by atoms with Gasteiger partial charge in [-0.05, 0) is 38.5 Å². The van der Waals surface area contributed by atoms with E-state index in [-0.39, 0.29) is 0 Å². The number of hydrogen-bond acceptors (Lipinski definition) is 2. The smallest absolute Gasteiger partial charge is 0.408 e. The lowest BCUT2D eigenvalue weighted by molar-refractivity contribution is 0.0516. The Balaban J connectivity index is 2.72. The van der Waals surface area contributed by atoms with Gasteiger partial charge in [-0.25, -0.2) is 4.79 Å². The highest BCUT2D eigenvalue weighted by Gasteiger charge is 2.19. The molecule has 18 heavy (non-hydrogen) atoms. The van der Waals surface area contributed by atoms with E-state index >= 15 is 0 Å². The fourth-order valence-corrected chi connectivity index (χ4v) is 1.43. The summed E-state index contributed by atoms with van der Waals surface area (Å²) in [4.78, 5) is 11.6. The molecule has 4 heteroatoms. The molecule has 0 saturated carbocycles. The first-order chi connectivity index (χ1) is 8.31. The number of ether oxygens (including phenoxy) is 1. The summed E-state index contributed by atoms with van der Waals surface area (Å²) in [5.41, 5.74) is 0.233. The normalized spacial score (nSPS) is 12.4. The van der Waals surface area contributed by atoms with Gasteiger partial charge in [-0.2, -0.15) is 0 Å². The van der Waals surface area contributed by atoms with E-state index in [4.69, 9.17) is 22.8 Å². The second kappa shape index (κ2) is 5.79. The lowest BCUT2D eigenvalue weighted by atomic mass is 10.1. The number of alkyl carbamates (subject to hydrolysis) is 1. The summed E-state index contributed by atoms with van der Waals surface area (Å²) in [6, 6.07) is 6.45. The van der Waals surface area contributed by atoms with Crippen molar-refractivity contribution in [3.63, 3.8) is 0 Å². The molecule has 0 heterocycles. The molecule has 0 aliphatic rings. The van der Waals surface area contributed by atoms with Crippen LogP contribution in [0.5, 0.6) is 0 Å². The van der Waals surface area contributed by atoms with E-state index in [1.165, 1.54) is 0 Å². The molecule has 0 aliphatic heterocycles. The number of nitrogens with one attached hydrogen (secondary N) is 1. The van der Waals surface area contributed by atoms with Crippen molar-refractivity contribution in [2.45, 2.75) is 32.4 Å². The zero-order chi connectivity index (χ0) is 13.8. The third kappa shape index (κ3) is 4.68. The predicted octanol–water partition coefficient (Wildman–Crippen LogP) is 3.54. The molecule has 3 nitrogen and oxygen atoms in total. The highest BCUT2D eigenvalue weighted by atomic mass is 35.5. The van der Waals surface area contributed by atoms with Crippen molar-refractivity contribution in [3.8, 4) is 12.3 Å². The van der Waals surface area contributed by atoms with Gasteiger partial charge in [0, 0.05) is 5.02 Å². The second-order valence-electron chi connectivity index (χ2n) is 4.80. The second-order valence-corrected chi connectivity index (χ2v) is 5.23. The molecular weight excluding hydrogens is 250 g/mol. The summed E-state index contributed by atoms with van der Waals surface area (Å²) in [5, 5.41) is 3.24. The van der Waals surface area contributed by atoms with Crippen molar-refractivity contribution in [2.24, 2.45) is 0 Å². The minimum absolute atomic E-state index is 0.530. The molecule has 0 spiro atoms. The zero-order valence-electron chi connectivity index (χ0n) is 10.7. The largest absolute Gasteiger partial charge is 0.444 e. The third-order valence-corrected chi connectivity index (χ3v) is 2.28. The van der Waals surface area contributed by atoms with Crippen LogP contribution >= 0.6 is 11.6 Å². The van der Waals surface area contributed by atoms with E-state index in [1.807, 2.05) is 0 Å². The summed E-state index contributed by atoms with van der Waals surface area (Å²) < 4.78 is 5.14. The monoisotopic (exact) mass is 265 g/mol. The number of benzene rings is 1. The summed E-state index contributed by atoms with van der Waals surface area (Å²) in [6.07, 6.45) is 4.86. The minimum Gasteiger partial charge on any atom is -0.444 e. The molecule has 0 aliphatic carbocycles. The Morgan fingerprint density at radius 3 is 2.39 bits per heavy atom. The Bertz CT molecular complexity index is 454. The maximum atomic E-state index is 11.6. The Morgan fingerprint density at radius 1 is 1.39 bits per heavy atom. The molecule has 1 atom stereocenters. The number of terminal acetylenes is 1. The molecule has 1 aromatic rings. The molecule has 1 unspecified atom stereocenters. The van der Waals surface area contributed by atoms with Crippen molar-refractivity contribution in [1.82, 2.24) is 5.32 Å². The predicted molar refractivity (Wildman–Crippen MR) is 72.4 cm³/mol. The molecule has 1 rings (SSSR count). The molecule has 0 aromatic heterocycles. The van der Waals surface area contributed by atoms with Crippen LogP contribution in [-0.4, -0.2) is 11.7 Å². The first-order valence-electron chi connectivity index (χ1n) is 5.53. The molecule has 1 aromatic carbocycles. The number of carbonyl (C=O) groups excluding carboxylic acids is 1. The Morgan fingerprint density at radius 2 is 1.94 bits per heavy atom. The van der Waals surface area contributed by atoms with Crippen LogP contribution in [0.2, 0.25) is 5.02 Å². The average Bonchev–Trinajstić information content (AvgIpc) is 2.25. The quantitative estimate of drug-likeness (QED) is 0.831. The van der Waals surface area contributed by atoms with Gasteiger partial charge >= 0.3 is 6.09 Å². The van der Waals surface area contributed by atoms with E-state index in [0.717, 1.165) is 5.56 Å². The molecule has 96 valence electrons. The van der Waals surface area contributed by atoms with Crippen molar-refractivity contribution in [2.75, 3.05) is 0 Å². The lowest BCUT2D eigenvalue weighted by Crippen LogP contribution is -2.34. The summed E-state index contributed by atoms with van der Waals surface area (Å²) in [5.74, 6) is 2.50. The standard InChI is InChI=1S/C14H16ClNO2/c1-5-12(10-6-8-11(15)9-7-10)16-13(17)18-14(2,3)4/h1,6-9,12H,2-4H3,(H,16,17). The highest BCUT2D eigenvalue weighted by molar-refractivity contribution is 6.30. The molecule has 0 bridgehead atoms. The van der Waals surface area contributed by atoms with Gasteiger partial charge in [-0.15, -0.1) is 6.42 Å². The van der Waals surface area contributed by atoms with Gasteiger partial charge in [0.1, 0.15) is 11.6 Å². The van der Waals surface area contributed by atoms with Crippen LogP contribution in [0.4, 0.5) is 4.79 Å². The number of halogens is 1. The first kappa shape index (κ1) is 14.4. The topological polar surface area (TPSA) is 38.3 Å². The molecule has 1 amide bonds. The fourth-order valence-electron chi connectivity index (χ4n) is 1.30. The zero-order valence-corrected chi connectivity index (χ0v) is 11.4. The van der Waals surface area contributed by atoms with Crippen LogP contribution in [0.1, 0.15) is 32.4 Å². The van der Waals surface area contributed by atoms with Crippen LogP contribution in [-0.2, 0) is 4.74 Å². The van der Waals surface area contributed by atoms with Gasteiger partial charge in [-0.3, -0.25) is 0 Å². The maximum Gasteiger partial charge on any atom is 0.408 e. The van der Waals surface area contributed by atoms with Crippen LogP contribution in [0.15, 0.2) is 24.3 Å². The van der Waals surface area contributed by atoms with Crippen molar-refractivity contribution >= 4 is 17.7 Å². The highest BCUT2D eigenvalue weighted by Crippen LogP contribution is 2.17. The lowest BCUT2D eigenvalue weighted by Gasteiger charge is -2.21. The third-order valence-electron chi connectivity index (χ3n) is 2.03. The van der Waals surface area contributed by atoms with E-state index in [9.17, 15) is 4.79 Å². The van der Waals surface area contributed by atoms with Crippen LogP contribution in [0.25, 0.3) is 0 Å². The van der Waals surface area contributed by atoms with E-state index in [0.29, 0.717) is 5.02 Å². The van der Waals surface area contributed by atoms with Gasteiger partial charge in [0.15, 0.2) is 0 Å².